The maximum Gasteiger partial charge on any atom is 0.255 e. The van der Waals surface area contributed by atoms with Crippen molar-refractivity contribution in [2.75, 3.05) is 26.7 Å². The number of benzene rings is 3. The van der Waals surface area contributed by atoms with Crippen molar-refractivity contribution in [3.05, 3.63) is 76.3 Å². The van der Waals surface area contributed by atoms with Gasteiger partial charge in [0.25, 0.3) is 5.91 Å². The average Bonchev–Trinajstić information content (AvgIpc) is 2.82. The fraction of sp³-hybridized carbons (Fsp3) is 0.280. The molecule has 0 aliphatic carbocycles. The Balaban J connectivity index is 1.70. The number of piperidine rings is 1. The second kappa shape index (κ2) is 8.97. The molecule has 3 aromatic rings. The number of ether oxygens (including phenoxy) is 1. The van der Waals surface area contributed by atoms with E-state index in [9.17, 15) is 10.1 Å². The average molecular weight is 434 g/mol. The molecule has 1 aliphatic heterocycles. The molecule has 1 aliphatic rings. The van der Waals surface area contributed by atoms with Crippen molar-refractivity contribution in [2.24, 2.45) is 0 Å². The zero-order valence-corrected chi connectivity index (χ0v) is 18.1. The lowest BCUT2D eigenvalue weighted by atomic mass is 9.73. The highest BCUT2D eigenvalue weighted by molar-refractivity contribution is 6.30. The van der Waals surface area contributed by atoms with Crippen molar-refractivity contribution in [3.63, 3.8) is 0 Å². The summed E-state index contributed by atoms with van der Waals surface area (Å²) in [5.74, 6) is 0.0709. The number of fused-ring (bicyclic) bond motifs is 1. The number of halogens is 1. The minimum Gasteiger partial charge on any atom is -0.495 e. The van der Waals surface area contributed by atoms with E-state index in [1.165, 1.54) is 12.7 Å². The molecule has 1 amide bonds. The molecule has 6 heteroatoms. The van der Waals surface area contributed by atoms with Crippen LogP contribution in [0.3, 0.4) is 0 Å². The molecule has 158 valence electrons. The fourth-order valence-corrected chi connectivity index (χ4v) is 4.59. The number of carbonyl (C=O) groups excluding carboxylic acids is 1. The lowest BCUT2D eigenvalue weighted by molar-refractivity contribution is 0.0936. The van der Waals surface area contributed by atoms with Crippen molar-refractivity contribution < 1.29 is 9.53 Å². The molecule has 0 atom stereocenters. The van der Waals surface area contributed by atoms with Gasteiger partial charge in [-0.05, 0) is 60.5 Å². The molecule has 0 aromatic heterocycles. The van der Waals surface area contributed by atoms with Crippen molar-refractivity contribution in [1.82, 2.24) is 10.6 Å². The van der Waals surface area contributed by atoms with E-state index in [0.29, 0.717) is 28.4 Å². The van der Waals surface area contributed by atoms with Crippen LogP contribution in [0.1, 0.15) is 34.3 Å². The first-order valence-electron chi connectivity index (χ1n) is 10.3. The summed E-state index contributed by atoms with van der Waals surface area (Å²) in [7, 11) is 1.49. The second-order valence-electron chi connectivity index (χ2n) is 7.89. The van der Waals surface area contributed by atoms with Crippen LogP contribution in [-0.4, -0.2) is 32.7 Å². The van der Waals surface area contributed by atoms with Gasteiger partial charge in [-0.15, -0.1) is 0 Å². The van der Waals surface area contributed by atoms with Gasteiger partial charge < -0.3 is 15.4 Å². The van der Waals surface area contributed by atoms with Gasteiger partial charge in [-0.2, -0.15) is 5.26 Å². The predicted octanol–water partition coefficient (Wildman–Crippen LogP) is 4.42. The summed E-state index contributed by atoms with van der Waals surface area (Å²) < 4.78 is 5.50. The number of nitrogens with one attached hydrogen (secondary N) is 2. The number of carbonyl (C=O) groups is 1. The normalized spacial score (nSPS) is 15.3. The van der Waals surface area contributed by atoms with Crippen LogP contribution >= 0.6 is 11.6 Å². The van der Waals surface area contributed by atoms with Crippen LogP contribution in [0.15, 0.2) is 54.6 Å². The van der Waals surface area contributed by atoms with Crippen LogP contribution < -0.4 is 15.4 Å². The van der Waals surface area contributed by atoms with E-state index in [1.54, 1.807) is 6.07 Å². The van der Waals surface area contributed by atoms with Gasteiger partial charge in [0.2, 0.25) is 0 Å². The number of rotatable bonds is 5. The molecule has 0 bridgehead atoms. The van der Waals surface area contributed by atoms with Crippen LogP contribution in [0.2, 0.25) is 5.02 Å². The van der Waals surface area contributed by atoms with Gasteiger partial charge in [-0.1, -0.05) is 48.0 Å². The third-order valence-corrected chi connectivity index (χ3v) is 6.41. The lowest BCUT2D eigenvalue weighted by Crippen LogP contribution is -2.47. The van der Waals surface area contributed by atoms with Crippen LogP contribution in [0.25, 0.3) is 10.8 Å². The maximum absolute atomic E-state index is 13.4. The summed E-state index contributed by atoms with van der Waals surface area (Å²) in [6.45, 7) is 2.26. The molecule has 5 nitrogen and oxygen atoms in total. The highest BCUT2D eigenvalue weighted by atomic mass is 35.5. The molecule has 0 unspecified atom stereocenters. The molecule has 3 aromatic carbocycles. The molecule has 0 saturated carbocycles. The van der Waals surface area contributed by atoms with E-state index >= 15 is 0 Å². The van der Waals surface area contributed by atoms with Crippen molar-refractivity contribution in [2.45, 2.75) is 18.3 Å². The highest BCUT2D eigenvalue weighted by Crippen LogP contribution is 2.35. The summed E-state index contributed by atoms with van der Waals surface area (Å²) >= 11 is 6.10. The van der Waals surface area contributed by atoms with E-state index in [4.69, 9.17) is 16.3 Å². The van der Waals surface area contributed by atoms with Crippen LogP contribution in [-0.2, 0) is 5.41 Å². The molecule has 0 spiro atoms. The zero-order valence-electron chi connectivity index (χ0n) is 17.4. The van der Waals surface area contributed by atoms with Gasteiger partial charge >= 0.3 is 0 Å². The molecule has 31 heavy (non-hydrogen) atoms. The summed E-state index contributed by atoms with van der Waals surface area (Å²) in [4.78, 5) is 13.4. The minimum absolute atomic E-state index is 0.179. The van der Waals surface area contributed by atoms with Gasteiger partial charge in [0.1, 0.15) is 11.8 Å². The highest BCUT2D eigenvalue weighted by Gasteiger charge is 2.35. The smallest absolute Gasteiger partial charge is 0.255 e. The van der Waals surface area contributed by atoms with Crippen LogP contribution in [0.5, 0.6) is 5.75 Å². The largest absolute Gasteiger partial charge is 0.495 e. The van der Waals surface area contributed by atoms with Crippen LogP contribution in [0, 0.1) is 11.3 Å². The molecule has 2 N–H and O–H groups in total. The quantitative estimate of drug-likeness (QED) is 0.624. The third kappa shape index (κ3) is 4.10. The van der Waals surface area contributed by atoms with Crippen molar-refractivity contribution in [3.8, 4) is 11.8 Å². The number of amides is 1. The first-order chi connectivity index (χ1) is 15.1. The minimum atomic E-state index is -0.239. The first-order valence-corrected chi connectivity index (χ1v) is 10.7. The molecule has 0 radical (unpaired) electrons. The summed E-state index contributed by atoms with van der Waals surface area (Å²) in [5.41, 5.74) is 1.74. The lowest BCUT2D eigenvalue weighted by Gasteiger charge is -2.38. The Labute approximate surface area is 187 Å². The molecule has 1 heterocycles. The Morgan fingerprint density at radius 3 is 2.58 bits per heavy atom. The van der Waals surface area contributed by atoms with Gasteiger partial charge in [-0.25, -0.2) is 0 Å². The van der Waals surface area contributed by atoms with E-state index in [1.807, 2.05) is 48.5 Å². The second-order valence-corrected chi connectivity index (χ2v) is 8.32. The summed E-state index contributed by atoms with van der Waals surface area (Å²) in [6.07, 6.45) is 1.82. The van der Waals surface area contributed by atoms with Gasteiger partial charge in [-0.3, -0.25) is 4.79 Å². The molecule has 4 rings (SSSR count). The van der Waals surface area contributed by atoms with Crippen molar-refractivity contribution >= 4 is 28.3 Å². The topological polar surface area (TPSA) is 74.1 Å². The fourth-order valence-electron chi connectivity index (χ4n) is 4.46. The Morgan fingerprint density at radius 2 is 1.90 bits per heavy atom. The number of nitrogens with zero attached hydrogens (tertiary/aromatic N) is 1. The summed E-state index contributed by atoms with van der Waals surface area (Å²) in [6, 6.07) is 19.4. The van der Waals surface area contributed by atoms with Gasteiger partial charge in [0, 0.05) is 17.0 Å². The number of hydrogen-bond acceptors (Lipinski definition) is 4. The van der Waals surface area contributed by atoms with Gasteiger partial charge in [0.15, 0.2) is 0 Å². The Kier molecular flexibility index (Phi) is 6.13. The number of nitriles is 1. The molecule has 1 saturated heterocycles. The Morgan fingerprint density at radius 1 is 1.19 bits per heavy atom. The standard InChI is InChI=1S/C25H24ClN3O2/c1-31-23-18(15-27)14-17-4-2-3-5-21(17)22(23)24(30)29-16-25(10-12-28-13-11-25)19-6-8-20(26)9-7-19/h2-9,14,28H,10-13,16H2,1H3,(H,29,30). The number of methoxy groups -OCH3 is 1. The third-order valence-electron chi connectivity index (χ3n) is 6.16. The number of hydrogen-bond donors (Lipinski definition) is 2. The van der Waals surface area contributed by atoms with E-state index in [0.717, 1.165) is 36.7 Å². The Bertz CT molecular complexity index is 1150. The zero-order chi connectivity index (χ0) is 21.8. The molecular weight excluding hydrogens is 410 g/mol. The van der Waals surface area contributed by atoms with Crippen molar-refractivity contribution in [1.29, 1.82) is 5.26 Å². The summed E-state index contributed by atoms with van der Waals surface area (Å²) in [5, 5.41) is 18.4. The molecular formula is C25H24ClN3O2. The Hall–Kier alpha value is -3.07. The van der Waals surface area contributed by atoms with E-state index < -0.39 is 0 Å². The van der Waals surface area contributed by atoms with Gasteiger partial charge in [0.05, 0.1) is 18.2 Å². The maximum atomic E-state index is 13.4. The molecule has 1 fully saturated rings. The monoisotopic (exact) mass is 433 g/mol. The van der Waals surface area contributed by atoms with E-state index in [2.05, 4.69) is 16.7 Å². The first kappa shape index (κ1) is 21.2. The predicted molar refractivity (Wildman–Crippen MR) is 123 cm³/mol. The van der Waals surface area contributed by atoms with Crippen LogP contribution in [0.4, 0.5) is 0 Å². The van der Waals surface area contributed by atoms with E-state index in [-0.39, 0.29) is 11.3 Å². The SMILES string of the molecule is COc1c(C#N)cc2ccccc2c1C(=O)NCC1(c2ccc(Cl)cc2)CCNCC1.